The van der Waals surface area contributed by atoms with E-state index < -0.39 is 23.7 Å². The maximum atomic E-state index is 14.6. The summed E-state index contributed by atoms with van der Waals surface area (Å²) in [5.41, 5.74) is 5.89. The van der Waals surface area contributed by atoms with Crippen LogP contribution >= 0.6 is 0 Å². The van der Waals surface area contributed by atoms with Crippen molar-refractivity contribution < 1.29 is 23.5 Å². The van der Waals surface area contributed by atoms with E-state index in [-0.39, 0.29) is 24.2 Å². The molecule has 1 atom stereocenters. The van der Waals surface area contributed by atoms with Gasteiger partial charge in [0.15, 0.2) is 6.04 Å². The minimum absolute atomic E-state index is 0.0433. The van der Waals surface area contributed by atoms with E-state index in [9.17, 15) is 18.8 Å². The summed E-state index contributed by atoms with van der Waals surface area (Å²) < 4.78 is 19.7. The van der Waals surface area contributed by atoms with Gasteiger partial charge in [-0.1, -0.05) is 0 Å². The Balaban J connectivity index is 1.48. The second-order valence-electron chi connectivity index (χ2n) is 7.93. The normalized spacial score (nSPS) is 20.6. The second kappa shape index (κ2) is 8.08. The fourth-order valence-electron chi connectivity index (χ4n) is 3.68. The number of hydrogen-bond donors (Lipinski definition) is 2. The van der Waals surface area contributed by atoms with E-state index in [0.717, 1.165) is 25.7 Å². The number of halogens is 1. The maximum Gasteiger partial charge on any atom is 0.253 e. The second-order valence-corrected chi connectivity index (χ2v) is 7.93. The number of anilines is 2. The van der Waals surface area contributed by atoms with Crippen LogP contribution in [0.15, 0.2) is 18.2 Å². The number of hydrogen-bond acceptors (Lipinski definition) is 5. The van der Waals surface area contributed by atoms with E-state index >= 15 is 0 Å². The average molecular weight is 404 g/mol. The number of morpholine rings is 1. The van der Waals surface area contributed by atoms with Crippen LogP contribution in [0.4, 0.5) is 15.8 Å². The number of rotatable bonds is 8. The van der Waals surface area contributed by atoms with E-state index in [2.05, 4.69) is 5.32 Å². The summed E-state index contributed by atoms with van der Waals surface area (Å²) in [7, 11) is 0. The van der Waals surface area contributed by atoms with Crippen LogP contribution in [0.1, 0.15) is 25.7 Å². The van der Waals surface area contributed by atoms with Crippen LogP contribution in [0.5, 0.6) is 0 Å². The molecule has 1 saturated heterocycles. The van der Waals surface area contributed by atoms with Gasteiger partial charge in [0.05, 0.1) is 12.3 Å². The number of amides is 3. The molecule has 0 unspecified atom stereocenters. The number of benzene rings is 1. The molecule has 29 heavy (non-hydrogen) atoms. The molecule has 2 saturated carbocycles. The van der Waals surface area contributed by atoms with Gasteiger partial charge < -0.3 is 20.7 Å². The van der Waals surface area contributed by atoms with Gasteiger partial charge in [0.2, 0.25) is 5.91 Å². The quantitative estimate of drug-likeness (QED) is 0.625. The third-order valence-electron chi connectivity index (χ3n) is 5.54. The van der Waals surface area contributed by atoms with Gasteiger partial charge in [-0.25, -0.2) is 4.39 Å². The van der Waals surface area contributed by atoms with Crippen molar-refractivity contribution in [2.24, 2.45) is 11.7 Å². The summed E-state index contributed by atoms with van der Waals surface area (Å²) in [6.07, 6.45) is 4.04. The number of carbonyl (C=O) groups is 3. The van der Waals surface area contributed by atoms with Crippen LogP contribution < -0.4 is 16.0 Å². The zero-order chi connectivity index (χ0) is 20.5. The maximum absolute atomic E-state index is 14.6. The molecule has 4 rings (SSSR count). The van der Waals surface area contributed by atoms with E-state index in [1.165, 1.54) is 17.0 Å². The lowest BCUT2D eigenvalue weighted by atomic mass is 10.1. The zero-order valence-electron chi connectivity index (χ0n) is 16.1. The van der Waals surface area contributed by atoms with Gasteiger partial charge >= 0.3 is 0 Å². The average Bonchev–Trinajstić information content (AvgIpc) is 3.57. The van der Waals surface area contributed by atoms with Gasteiger partial charge in [0, 0.05) is 24.8 Å². The van der Waals surface area contributed by atoms with Crippen molar-refractivity contribution in [2.75, 3.05) is 36.5 Å². The number of carbonyl (C=O) groups excluding carboxylic acids is 3. The number of nitrogens with one attached hydrogen (secondary N) is 1. The highest BCUT2D eigenvalue weighted by Crippen LogP contribution is 2.36. The Labute approximate surface area is 168 Å². The largest absolute Gasteiger partial charge is 0.370 e. The SMILES string of the molecule is NC(=O)[C@@H](C(=O)Nc1ccc(N2CCOCC2=O)cc1F)N(CC1CC1)C1CC1. The lowest BCUT2D eigenvalue weighted by Gasteiger charge is -2.29. The molecule has 3 N–H and O–H groups in total. The van der Waals surface area contributed by atoms with Crippen molar-refractivity contribution in [3.63, 3.8) is 0 Å². The van der Waals surface area contributed by atoms with E-state index in [0.29, 0.717) is 31.3 Å². The zero-order valence-corrected chi connectivity index (χ0v) is 16.1. The molecule has 3 fully saturated rings. The molecule has 9 heteroatoms. The molecule has 1 aromatic carbocycles. The van der Waals surface area contributed by atoms with Crippen molar-refractivity contribution in [3.05, 3.63) is 24.0 Å². The molecule has 0 bridgehead atoms. The summed E-state index contributed by atoms with van der Waals surface area (Å²) >= 11 is 0. The van der Waals surface area contributed by atoms with E-state index in [4.69, 9.17) is 10.5 Å². The number of nitrogens with two attached hydrogens (primary N) is 1. The Morgan fingerprint density at radius 1 is 1.31 bits per heavy atom. The molecule has 1 aromatic rings. The lowest BCUT2D eigenvalue weighted by Crippen LogP contribution is -2.53. The van der Waals surface area contributed by atoms with Crippen molar-refractivity contribution in [1.82, 2.24) is 4.90 Å². The Kier molecular flexibility index (Phi) is 5.51. The van der Waals surface area contributed by atoms with Gasteiger partial charge in [-0.05, 0) is 49.8 Å². The van der Waals surface area contributed by atoms with Crippen LogP contribution in [-0.2, 0) is 19.1 Å². The first-order valence-electron chi connectivity index (χ1n) is 9.97. The molecule has 8 nitrogen and oxygen atoms in total. The smallest absolute Gasteiger partial charge is 0.253 e. The summed E-state index contributed by atoms with van der Waals surface area (Å²) in [4.78, 5) is 40.1. The third kappa shape index (κ3) is 4.56. The summed E-state index contributed by atoms with van der Waals surface area (Å²) in [6.45, 7) is 1.33. The molecule has 156 valence electrons. The monoisotopic (exact) mass is 404 g/mol. The highest BCUT2D eigenvalue weighted by molar-refractivity contribution is 6.09. The molecule has 2 aliphatic carbocycles. The lowest BCUT2D eigenvalue weighted by molar-refractivity contribution is -0.133. The van der Waals surface area contributed by atoms with Gasteiger partial charge in [0.25, 0.3) is 11.8 Å². The van der Waals surface area contributed by atoms with Crippen LogP contribution in [0.2, 0.25) is 0 Å². The standard InChI is InChI=1S/C20H25FN4O4/c21-15-9-14(24-7-8-29-11-17(24)26)5-6-16(15)23-20(28)18(19(22)27)25(13-3-4-13)10-12-1-2-12/h5-6,9,12-13,18H,1-4,7-8,10-11H2,(H2,22,27)(H,23,28)/t18-/m0/s1. The topological polar surface area (TPSA) is 105 Å². The molecule has 3 amide bonds. The summed E-state index contributed by atoms with van der Waals surface area (Å²) in [5, 5.41) is 2.51. The molecule has 0 aromatic heterocycles. The van der Waals surface area contributed by atoms with Gasteiger partial charge in [-0.3, -0.25) is 19.3 Å². The number of primary amides is 1. The minimum atomic E-state index is -1.12. The predicted molar refractivity (Wildman–Crippen MR) is 104 cm³/mol. The van der Waals surface area contributed by atoms with Crippen molar-refractivity contribution in [2.45, 2.75) is 37.8 Å². The molecule has 0 radical (unpaired) electrons. The van der Waals surface area contributed by atoms with Crippen LogP contribution in [0, 0.1) is 11.7 Å². The van der Waals surface area contributed by atoms with Crippen molar-refractivity contribution in [3.8, 4) is 0 Å². The predicted octanol–water partition coefficient (Wildman–Crippen LogP) is 0.856. The molecule has 3 aliphatic rings. The molecule has 1 heterocycles. The Bertz CT molecular complexity index is 825. The van der Waals surface area contributed by atoms with Crippen molar-refractivity contribution >= 4 is 29.1 Å². The minimum Gasteiger partial charge on any atom is -0.370 e. The van der Waals surface area contributed by atoms with Crippen LogP contribution in [0.3, 0.4) is 0 Å². The highest BCUT2D eigenvalue weighted by Gasteiger charge is 2.42. The highest BCUT2D eigenvalue weighted by atomic mass is 19.1. The van der Waals surface area contributed by atoms with Gasteiger partial charge in [-0.15, -0.1) is 0 Å². The molecule has 1 aliphatic heterocycles. The van der Waals surface area contributed by atoms with E-state index in [1.54, 1.807) is 6.07 Å². The fourth-order valence-corrected chi connectivity index (χ4v) is 3.68. The Morgan fingerprint density at radius 3 is 2.66 bits per heavy atom. The summed E-state index contributed by atoms with van der Waals surface area (Å²) in [6, 6.07) is 3.21. The van der Waals surface area contributed by atoms with E-state index in [1.807, 2.05) is 4.90 Å². The first-order valence-corrected chi connectivity index (χ1v) is 9.97. The summed E-state index contributed by atoms with van der Waals surface area (Å²) in [5.74, 6) is -1.79. The Morgan fingerprint density at radius 2 is 2.07 bits per heavy atom. The van der Waals surface area contributed by atoms with Crippen molar-refractivity contribution in [1.29, 1.82) is 0 Å². The van der Waals surface area contributed by atoms with Gasteiger partial charge in [0.1, 0.15) is 12.4 Å². The molecular formula is C20H25FN4O4. The van der Waals surface area contributed by atoms with Gasteiger partial charge in [-0.2, -0.15) is 0 Å². The van der Waals surface area contributed by atoms with Crippen LogP contribution in [0.25, 0.3) is 0 Å². The van der Waals surface area contributed by atoms with Crippen LogP contribution in [-0.4, -0.2) is 61.0 Å². The molecule has 0 spiro atoms. The fraction of sp³-hybridized carbons (Fsp3) is 0.550. The first kappa shape index (κ1) is 19.8. The first-order chi connectivity index (χ1) is 13.9. The Hall–Kier alpha value is -2.52. The number of nitrogens with zero attached hydrogens (tertiary/aromatic N) is 2. The number of ether oxygens (including phenoxy) is 1. The molecular weight excluding hydrogens is 379 g/mol. The third-order valence-corrected chi connectivity index (χ3v) is 5.54.